The van der Waals surface area contributed by atoms with Crippen LogP contribution in [0.4, 0.5) is 5.69 Å². The summed E-state index contributed by atoms with van der Waals surface area (Å²) < 4.78 is 0. The van der Waals surface area contributed by atoms with Gasteiger partial charge in [-0.25, -0.2) is 9.97 Å². The van der Waals surface area contributed by atoms with E-state index in [-0.39, 0.29) is 17.9 Å². The monoisotopic (exact) mass is 593 g/mol. The fourth-order valence-electron chi connectivity index (χ4n) is 5.78. The van der Waals surface area contributed by atoms with Gasteiger partial charge in [0.25, 0.3) is 5.91 Å². The number of piperazine rings is 1. The number of amides is 2. The van der Waals surface area contributed by atoms with Crippen molar-refractivity contribution in [3.8, 4) is 22.6 Å². The van der Waals surface area contributed by atoms with Crippen LogP contribution in [0.3, 0.4) is 0 Å². The maximum atomic E-state index is 13.1. The van der Waals surface area contributed by atoms with E-state index in [0.29, 0.717) is 36.9 Å². The minimum absolute atomic E-state index is 0.0136. The highest BCUT2D eigenvalue weighted by Crippen LogP contribution is 2.32. The third kappa shape index (κ3) is 5.84. The topological polar surface area (TPSA) is 123 Å². The maximum Gasteiger partial charge on any atom is 0.261 e. The number of nitrogens with zero attached hydrogens (tertiary/aromatic N) is 7. The molecule has 0 spiro atoms. The second-order valence-electron chi connectivity index (χ2n) is 10.8. The predicted molar refractivity (Wildman–Crippen MR) is 166 cm³/mol. The zero-order valence-corrected chi connectivity index (χ0v) is 24.3. The molecule has 2 saturated heterocycles. The largest absolute Gasteiger partial charge is 0.368 e. The lowest BCUT2D eigenvalue weighted by molar-refractivity contribution is -0.132. The van der Waals surface area contributed by atoms with Gasteiger partial charge in [-0.3, -0.25) is 24.6 Å². The first kappa shape index (κ1) is 27.2. The lowest BCUT2D eigenvalue weighted by Crippen LogP contribution is -2.51. The standard InChI is InChI=1S/C31H31N9O2S/c41-27(40-16-14-39(15-17-40)24-4-2-22(3-5-24)29-33-9-1-10-34-29)20-38-13-8-23(19-38)35-30(42)26-18-25-28(36-37-31(25)43-26)21-6-11-32-12-7-21/h1-7,9-12,18,23H,8,13-17,19-20H2,(H,35,42)(H,36,37). The van der Waals surface area contributed by atoms with E-state index < -0.39 is 0 Å². The van der Waals surface area contributed by atoms with Gasteiger partial charge < -0.3 is 15.1 Å². The summed E-state index contributed by atoms with van der Waals surface area (Å²) >= 11 is 1.40. The molecule has 2 aliphatic heterocycles. The van der Waals surface area contributed by atoms with E-state index in [9.17, 15) is 9.59 Å². The molecule has 4 aromatic heterocycles. The van der Waals surface area contributed by atoms with Gasteiger partial charge in [0, 0.05) is 92.3 Å². The van der Waals surface area contributed by atoms with Crippen LogP contribution in [0.25, 0.3) is 32.9 Å². The van der Waals surface area contributed by atoms with E-state index in [2.05, 4.69) is 52.4 Å². The van der Waals surface area contributed by atoms with Gasteiger partial charge in [-0.1, -0.05) is 0 Å². The van der Waals surface area contributed by atoms with Crippen molar-refractivity contribution >= 4 is 39.1 Å². The number of thiophene rings is 1. The summed E-state index contributed by atoms with van der Waals surface area (Å²) in [5, 5.41) is 11.6. The fraction of sp³-hybridized carbons (Fsp3) is 0.290. The Balaban J connectivity index is 0.885. The van der Waals surface area contributed by atoms with Crippen molar-refractivity contribution < 1.29 is 9.59 Å². The highest BCUT2D eigenvalue weighted by molar-refractivity contribution is 7.20. The molecule has 1 unspecified atom stereocenters. The lowest BCUT2D eigenvalue weighted by atomic mass is 10.1. The van der Waals surface area contributed by atoms with E-state index >= 15 is 0 Å². The number of nitrogens with one attached hydrogen (secondary N) is 2. The van der Waals surface area contributed by atoms with Gasteiger partial charge in [0.05, 0.1) is 11.4 Å². The minimum Gasteiger partial charge on any atom is -0.368 e. The molecule has 2 aliphatic rings. The number of H-pyrrole nitrogens is 1. The average molecular weight is 594 g/mol. The molecule has 218 valence electrons. The normalized spacial score (nSPS) is 17.4. The van der Waals surface area contributed by atoms with Crippen LogP contribution < -0.4 is 10.2 Å². The number of hydrogen-bond donors (Lipinski definition) is 2. The van der Waals surface area contributed by atoms with Gasteiger partial charge in [0.15, 0.2) is 5.82 Å². The summed E-state index contributed by atoms with van der Waals surface area (Å²) in [6.07, 6.45) is 7.77. The van der Waals surface area contributed by atoms with Gasteiger partial charge in [-0.15, -0.1) is 11.3 Å². The van der Waals surface area contributed by atoms with E-state index in [1.165, 1.54) is 11.3 Å². The van der Waals surface area contributed by atoms with Crippen LogP contribution in [0.1, 0.15) is 16.1 Å². The Kier molecular flexibility index (Phi) is 7.52. The summed E-state index contributed by atoms with van der Waals surface area (Å²) in [5.41, 5.74) is 3.89. The molecule has 2 fully saturated rings. The summed E-state index contributed by atoms with van der Waals surface area (Å²) in [6, 6.07) is 15.8. The number of carbonyl (C=O) groups excluding carboxylic acids is 2. The molecule has 11 nitrogen and oxygen atoms in total. The smallest absolute Gasteiger partial charge is 0.261 e. The number of aromatic amines is 1. The van der Waals surface area contributed by atoms with Crippen LogP contribution in [0, 0.1) is 0 Å². The Morgan fingerprint density at radius 1 is 0.930 bits per heavy atom. The molecule has 43 heavy (non-hydrogen) atoms. The first-order valence-electron chi connectivity index (χ1n) is 14.4. The Labute approximate surface area is 252 Å². The number of anilines is 1. The third-order valence-electron chi connectivity index (χ3n) is 8.09. The van der Waals surface area contributed by atoms with Crippen LogP contribution in [0.2, 0.25) is 0 Å². The predicted octanol–water partition coefficient (Wildman–Crippen LogP) is 3.30. The zero-order valence-electron chi connectivity index (χ0n) is 23.5. The number of aromatic nitrogens is 5. The third-order valence-corrected chi connectivity index (χ3v) is 9.13. The second-order valence-corrected chi connectivity index (χ2v) is 11.9. The number of carbonyl (C=O) groups is 2. The Morgan fingerprint density at radius 3 is 2.47 bits per heavy atom. The summed E-state index contributed by atoms with van der Waals surface area (Å²) in [4.78, 5) is 46.8. The molecule has 0 bridgehead atoms. The van der Waals surface area contributed by atoms with Crippen molar-refractivity contribution in [3.63, 3.8) is 0 Å². The Bertz CT molecular complexity index is 1710. The summed E-state index contributed by atoms with van der Waals surface area (Å²) in [7, 11) is 0. The number of benzene rings is 1. The van der Waals surface area contributed by atoms with Gasteiger partial charge in [0.1, 0.15) is 10.5 Å². The van der Waals surface area contributed by atoms with E-state index in [1.54, 1.807) is 24.8 Å². The van der Waals surface area contributed by atoms with Crippen molar-refractivity contribution in [3.05, 3.63) is 78.2 Å². The highest BCUT2D eigenvalue weighted by Gasteiger charge is 2.29. The van der Waals surface area contributed by atoms with Crippen molar-refractivity contribution in [2.75, 3.05) is 50.7 Å². The van der Waals surface area contributed by atoms with Crippen LogP contribution >= 0.6 is 11.3 Å². The van der Waals surface area contributed by atoms with Gasteiger partial charge in [-0.2, -0.15) is 5.10 Å². The molecule has 1 atom stereocenters. The van der Waals surface area contributed by atoms with E-state index in [1.807, 2.05) is 41.3 Å². The summed E-state index contributed by atoms with van der Waals surface area (Å²) in [5.74, 6) is 0.770. The molecule has 0 saturated carbocycles. The number of fused-ring (bicyclic) bond motifs is 1. The number of pyridine rings is 1. The number of likely N-dealkylation sites (tertiary alicyclic amines) is 1. The van der Waals surface area contributed by atoms with Crippen molar-refractivity contribution in [2.24, 2.45) is 0 Å². The van der Waals surface area contributed by atoms with Gasteiger partial charge in [-0.05, 0) is 55.0 Å². The molecule has 0 radical (unpaired) electrons. The van der Waals surface area contributed by atoms with E-state index in [4.69, 9.17) is 0 Å². The molecule has 5 aromatic rings. The van der Waals surface area contributed by atoms with Crippen LogP contribution in [-0.2, 0) is 4.79 Å². The zero-order chi connectivity index (χ0) is 29.2. The molecule has 6 heterocycles. The van der Waals surface area contributed by atoms with Crippen molar-refractivity contribution in [1.29, 1.82) is 0 Å². The first-order valence-corrected chi connectivity index (χ1v) is 15.2. The average Bonchev–Trinajstić information content (AvgIpc) is 3.79. The number of hydrogen-bond acceptors (Lipinski definition) is 9. The molecule has 12 heteroatoms. The molecule has 1 aromatic carbocycles. The van der Waals surface area contributed by atoms with E-state index in [0.717, 1.165) is 58.8 Å². The summed E-state index contributed by atoms with van der Waals surface area (Å²) in [6.45, 7) is 4.80. The molecule has 7 rings (SSSR count). The van der Waals surface area contributed by atoms with Crippen LogP contribution in [0.5, 0.6) is 0 Å². The van der Waals surface area contributed by atoms with Gasteiger partial charge in [0.2, 0.25) is 5.91 Å². The lowest BCUT2D eigenvalue weighted by Gasteiger charge is -2.36. The Hall–Kier alpha value is -4.68. The molecule has 0 aliphatic carbocycles. The van der Waals surface area contributed by atoms with Crippen molar-refractivity contribution in [2.45, 2.75) is 12.5 Å². The fourth-order valence-corrected chi connectivity index (χ4v) is 6.69. The Morgan fingerprint density at radius 2 is 1.70 bits per heavy atom. The van der Waals surface area contributed by atoms with Crippen molar-refractivity contribution in [1.82, 2.24) is 40.3 Å². The quantitative estimate of drug-likeness (QED) is 0.295. The number of rotatable bonds is 7. The van der Waals surface area contributed by atoms with Crippen LogP contribution in [0.15, 0.2) is 73.3 Å². The van der Waals surface area contributed by atoms with Crippen LogP contribution in [-0.4, -0.2) is 98.6 Å². The second kappa shape index (κ2) is 11.9. The molecular formula is C31H31N9O2S. The molecule has 2 amide bonds. The SMILES string of the molecule is O=C(NC1CCN(CC(=O)N2CCN(c3ccc(-c4ncccn4)cc3)CC2)C1)c1cc2c(-c3ccncc3)n[nH]c2s1. The van der Waals surface area contributed by atoms with Gasteiger partial charge >= 0.3 is 0 Å². The first-order chi connectivity index (χ1) is 21.1. The minimum atomic E-state index is -0.0890. The maximum absolute atomic E-state index is 13.1. The molecular weight excluding hydrogens is 562 g/mol. The molecule has 2 N–H and O–H groups in total. The highest BCUT2D eigenvalue weighted by atomic mass is 32.1.